The van der Waals surface area contributed by atoms with Crippen molar-refractivity contribution in [2.45, 2.75) is 18.9 Å². The lowest BCUT2D eigenvalue weighted by Gasteiger charge is -2.05. The molecule has 1 rings (SSSR count). The molecule has 8 heteroatoms. The first-order valence-corrected chi connectivity index (χ1v) is 7.47. The molecule has 7 nitrogen and oxygen atoms in total. The van der Waals surface area contributed by atoms with Crippen molar-refractivity contribution in [3.63, 3.8) is 0 Å². The second kappa shape index (κ2) is 5.87. The predicted octanol–water partition coefficient (Wildman–Crippen LogP) is 0.772. The molecule has 0 saturated carbocycles. The van der Waals surface area contributed by atoms with E-state index < -0.39 is 21.8 Å². The Bertz CT molecular complexity index is 586. The van der Waals surface area contributed by atoms with Crippen LogP contribution in [0, 0.1) is 0 Å². The molecule has 0 spiro atoms. The number of rotatable bonds is 5. The molecule has 1 aromatic heterocycles. The van der Waals surface area contributed by atoms with E-state index >= 15 is 0 Å². The number of nitrogens with one attached hydrogen (secondary N) is 1. The lowest BCUT2D eigenvalue weighted by Crippen LogP contribution is -2.15. The maximum atomic E-state index is 11.8. The van der Waals surface area contributed by atoms with Gasteiger partial charge in [-0.05, 0) is 13.8 Å². The molecular formula is C11H15NO6S. The number of ether oxygens (including phenoxy) is 2. The molecule has 0 bridgehead atoms. The average molecular weight is 289 g/mol. The highest BCUT2D eigenvalue weighted by atomic mass is 32.2. The number of aromatic amines is 1. The first kappa shape index (κ1) is 15.2. The number of aromatic nitrogens is 1. The van der Waals surface area contributed by atoms with E-state index in [-0.39, 0.29) is 29.4 Å². The van der Waals surface area contributed by atoms with Crippen LogP contribution in [0.2, 0.25) is 0 Å². The fraction of sp³-hybridized carbons (Fsp3) is 0.455. The molecule has 0 aliphatic heterocycles. The Hall–Kier alpha value is -1.83. The van der Waals surface area contributed by atoms with Gasteiger partial charge in [0.1, 0.15) is 10.6 Å². The molecule has 0 amide bonds. The van der Waals surface area contributed by atoms with Crippen molar-refractivity contribution < 1.29 is 27.5 Å². The summed E-state index contributed by atoms with van der Waals surface area (Å²) < 4.78 is 32.7. The van der Waals surface area contributed by atoms with Gasteiger partial charge >= 0.3 is 11.9 Å². The molecule has 0 aliphatic rings. The lowest BCUT2D eigenvalue weighted by atomic mass is 10.2. The van der Waals surface area contributed by atoms with Crippen LogP contribution in [-0.2, 0) is 19.3 Å². The van der Waals surface area contributed by atoms with Crippen molar-refractivity contribution in [2.24, 2.45) is 0 Å². The van der Waals surface area contributed by atoms with E-state index in [0.29, 0.717) is 0 Å². The van der Waals surface area contributed by atoms with E-state index in [9.17, 15) is 18.0 Å². The van der Waals surface area contributed by atoms with Crippen LogP contribution in [0.25, 0.3) is 0 Å². The quantitative estimate of drug-likeness (QED) is 0.803. The highest BCUT2D eigenvalue weighted by Crippen LogP contribution is 2.21. The van der Waals surface area contributed by atoms with Gasteiger partial charge in [-0.1, -0.05) is 0 Å². The van der Waals surface area contributed by atoms with Gasteiger partial charge in [0.15, 0.2) is 9.84 Å². The molecule has 0 unspecified atom stereocenters. The van der Waals surface area contributed by atoms with Gasteiger partial charge in [-0.15, -0.1) is 0 Å². The second-order valence-corrected chi connectivity index (χ2v) is 5.57. The Labute approximate surface area is 110 Å². The van der Waals surface area contributed by atoms with Crippen LogP contribution in [0.4, 0.5) is 0 Å². The lowest BCUT2D eigenvalue weighted by molar-refractivity contribution is 0.0477. The first-order chi connectivity index (χ1) is 8.82. The fourth-order valence-corrected chi connectivity index (χ4v) is 2.31. The Morgan fingerprint density at radius 3 is 2.16 bits per heavy atom. The maximum Gasteiger partial charge on any atom is 0.341 e. The number of esters is 2. The molecular weight excluding hydrogens is 274 g/mol. The van der Waals surface area contributed by atoms with Crippen LogP contribution >= 0.6 is 0 Å². The molecule has 106 valence electrons. The van der Waals surface area contributed by atoms with Crippen LogP contribution in [-0.4, -0.2) is 44.8 Å². The van der Waals surface area contributed by atoms with Gasteiger partial charge in [0, 0.05) is 12.5 Å². The Kier molecular flexibility index (Phi) is 4.71. The molecule has 0 radical (unpaired) electrons. The summed E-state index contributed by atoms with van der Waals surface area (Å²) in [4.78, 5) is 25.9. The third-order valence-corrected chi connectivity index (χ3v) is 3.25. The van der Waals surface area contributed by atoms with Crippen LogP contribution in [0.5, 0.6) is 0 Å². The zero-order valence-electron chi connectivity index (χ0n) is 10.8. The van der Waals surface area contributed by atoms with Gasteiger partial charge in [0.05, 0.1) is 18.8 Å². The van der Waals surface area contributed by atoms with Gasteiger partial charge in [-0.2, -0.15) is 0 Å². The summed E-state index contributed by atoms with van der Waals surface area (Å²) >= 11 is 0. The molecule has 1 N–H and O–H groups in total. The van der Waals surface area contributed by atoms with E-state index in [2.05, 4.69) is 4.98 Å². The van der Waals surface area contributed by atoms with E-state index in [1.165, 1.54) is 0 Å². The van der Waals surface area contributed by atoms with Crippen molar-refractivity contribution in [1.29, 1.82) is 0 Å². The van der Waals surface area contributed by atoms with Gasteiger partial charge < -0.3 is 14.5 Å². The van der Waals surface area contributed by atoms with Crippen LogP contribution < -0.4 is 0 Å². The molecule has 0 fully saturated rings. The molecule has 0 atom stereocenters. The van der Waals surface area contributed by atoms with Crippen molar-refractivity contribution in [2.75, 3.05) is 19.5 Å². The number of hydrogen-bond donors (Lipinski definition) is 1. The zero-order valence-corrected chi connectivity index (χ0v) is 11.7. The molecule has 1 aromatic rings. The van der Waals surface area contributed by atoms with Crippen molar-refractivity contribution in [3.05, 3.63) is 17.3 Å². The Balaban J connectivity index is 3.38. The molecule has 19 heavy (non-hydrogen) atoms. The molecule has 0 saturated heterocycles. The summed E-state index contributed by atoms with van der Waals surface area (Å²) in [6.07, 6.45) is 2.05. The van der Waals surface area contributed by atoms with Gasteiger partial charge in [-0.3, -0.25) is 0 Å². The first-order valence-electron chi connectivity index (χ1n) is 5.58. The molecule has 0 aliphatic carbocycles. The monoisotopic (exact) mass is 289 g/mol. The standard InChI is InChI=1S/C11H15NO6S/c1-4-17-10(13)7-6-12-9(19(3,15)16)8(7)11(14)18-5-2/h6,12H,4-5H2,1-3H3. The number of carbonyl (C=O) groups is 2. The summed E-state index contributed by atoms with van der Waals surface area (Å²) in [5.41, 5.74) is -0.469. The number of H-pyrrole nitrogens is 1. The smallest absolute Gasteiger partial charge is 0.341 e. The third-order valence-electron chi connectivity index (χ3n) is 2.19. The van der Waals surface area contributed by atoms with Crippen LogP contribution in [0.15, 0.2) is 11.2 Å². The molecule has 1 heterocycles. The minimum Gasteiger partial charge on any atom is -0.462 e. The normalized spacial score (nSPS) is 11.1. The fourth-order valence-electron chi connectivity index (χ4n) is 1.47. The third kappa shape index (κ3) is 3.34. The summed E-state index contributed by atoms with van der Waals surface area (Å²) in [5.74, 6) is -1.66. The highest BCUT2D eigenvalue weighted by Gasteiger charge is 2.29. The topological polar surface area (TPSA) is 103 Å². The van der Waals surface area contributed by atoms with Gasteiger partial charge in [-0.25, -0.2) is 18.0 Å². The Morgan fingerprint density at radius 1 is 1.16 bits per heavy atom. The van der Waals surface area contributed by atoms with Crippen LogP contribution in [0.3, 0.4) is 0 Å². The average Bonchev–Trinajstić information content (AvgIpc) is 2.73. The second-order valence-electron chi connectivity index (χ2n) is 3.62. The zero-order chi connectivity index (χ0) is 14.6. The van der Waals surface area contributed by atoms with E-state index in [1.54, 1.807) is 13.8 Å². The largest absolute Gasteiger partial charge is 0.462 e. The van der Waals surface area contributed by atoms with E-state index in [4.69, 9.17) is 9.47 Å². The minimum absolute atomic E-state index is 0.0650. The summed E-state index contributed by atoms with van der Waals surface area (Å²) in [5, 5.41) is -0.353. The summed E-state index contributed by atoms with van der Waals surface area (Å²) in [6.45, 7) is 3.36. The number of carbonyl (C=O) groups excluding carboxylic acids is 2. The Morgan fingerprint density at radius 2 is 1.68 bits per heavy atom. The predicted molar refractivity (Wildman–Crippen MR) is 65.8 cm³/mol. The number of sulfone groups is 1. The van der Waals surface area contributed by atoms with Gasteiger partial charge in [0.2, 0.25) is 0 Å². The minimum atomic E-state index is -3.69. The maximum absolute atomic E-state index is 11.8. The van der Waals surface area contributed by atoms with E-state index in [0.717, 1.165) is 12.5 Å². The van der Waals surface area contributed by atoms with Crippen molar-refractivity contribution in [3.8, 4) is 0 Å². The van der Waals surface area contributed by atoms with Crippen molar-refractivity contribution >= 4 is 21.8 Å². The van der Waals surface area contributed by atoms with Crippen LogP contribution in [0.1, 0.15) is 34.6 Å². The summed E-state index contributed by atoms with van der Waals surface area (Å²) in [7, 11) is -3.69. The van der Waals surface area contributed by atoms with Crippen molar-refractivity contribution in [1.82, 2.24) is 4.98 Å². The highest BCUT2D eigenvalue weighted by molar-refractivity contribution is 7.90. The number of hydrogen-bond acceptors (Lipinski definition) is 6. The van der Waals surface area contributed by atoms with E-state index in [1.807, 2.05) is 0 Å². The van der Waals surface area contributed by atoms with Gasteiger partial charge in [0.25, 0.3) is 0 Å². The molecule has 0 aromatic carbocycles. The summed E-state index contributed by atoms with van der Waals surface area (Å²) in [6, 6.07) is 0. The SMILES string of the molecule is CCOC(=O)c1c[nH]c(S(C)(=O)=O)c1C(=O)OCC.